The normalized spacial score (nSPS) is 17.6. The summed E-state index contributed by atoms with van der Waals surface area (Å²) in [6.07, 6.45) is 0. The smallest absolute Gasteiger partial charge is 0.234 e. The Hall–Kier alpha value is -1.94. The van der Waals surface area contributed by atoms with Crippen molar-refractivity contribution in [2.45, 2.75) is 12.2 Å². The number of fused-ring (bicyclic) bond motifs is 1. The molecule has 0 bridgehead atoms. The second-order valence-electron chi connectivity index (χ2n) is 5.10. The number of anilines is 1. The summed E-state index contributed by atoms with van der Waals surface area (Å²) in [6.45, 7) is 2.07. The number of ether oxygens (including phenoxy) is 1. The van der Waals surface area contributed by atoms with Gasteiger partial charge in [-0.15, -0.1) is 11.8 Å². The van der Waals surface area contributed by atoms with Gasteiger partial charge in [0.1, 0.15) is 5.75 Å². The minimum absolute atomic E-state index is 0.0566. The Kier molecular flexibility index (Phi) is 3.88. The van der Waals surface area contributed by atoms with E-state index in [2.05, 4.69) is 30.4 Å². The van der Waals surface area contributed by atoms with Crippen molar-refractivity contribution in [1.29, 1.82) is 0 Å². The van der Waals surface area contributed by atoms with Crippen LogP contribution in [0.4, 0.5) is 5.69 Å². The Morgan fingerprint density at radius 3 is 2.67 bits per heavy atom. The van der Waals surface area contributed by atoms with Crippen molar-refractivity contribution < 1.29 is 9.53 Å². The van der Waals surface area contributed by atoms with E-state index in [9.17, 15) is 4.79 Å². The van der Waals surface area contributed by atoms with Crippen molar-refractivity contribution in [2.75, 3.05) is 18.2 Å². The van der Waals surface area contributed by atoms with Crippen LogP contribution >= 0.6 is 11.8 Å². The average Bonchev–Trinajstić information content (AvgIpc) is 2.66. The highest BCUT2D eigenvalue weighted by atomic mass is 32.2. The molecule has 3 rings (SSSR count). The molecule has 0 radical (unpaired) electrons. The van der Waals surface area contributed by atoms with Crippen LogP contribution in [-0.4, -0.2) is 18.8 Å². The van der Waals surface area contributed by atoms with Crippen molar-refractivity contribution in [3.05, 3.63) is 59.2 Å². The van der Waals surface area contributed by atoms with Crippen molar-refractivity contribution >= 4 is 23.4 Å². The Balaban J connectivity index is 2.05. The standard InChI is InChI=1S/C17H17NO2S/c1-11-3-8-15-14(9-11)17(21-10-16(19)18-15)12-4-6-13(20-2)7-5-12/h3-9,17H,10H2,1-2H3,(H,18,19). The van der Waals surface area contributed by atoms with Crippen LogP contribution in [0.1, 0.15) is 21.9 Å². The summed E-state index contributed by atoms with van der Waals surface area (Å²) in [6, 6.07) is 14.2. The van der Waals surface area contributed by atoms with Gasteiger partial charge in [0.05, 0.1) is 18.1 Å². The van der Waals surface area contributed by atoms with E-state index in [1.54, 1.807) is 18.9 Å². The highest BCUT2D eigenvalue weighted by Crippen LogP contribution is 2.42. The number of benzene rings is 2. The maximum absolute atomic E-state index is 11.9. The topological polar surface area (TPSA) is 38.3 Å². The Labute approximate surface area is 128 Å². The van der Waals surface area contributed by atoms with Crippen molar-refractivity contribution in [3.63, 3.8) is 0 Å². The fraction of sp³-hybridized carbons (Fsp3) is 0.235. The molecule has 0 fully saturated rings. The number of methoxy groups -OCH3 is 1. The van der Waals surface area contributed by atoms with Gasteiger partial charge in [0.2, 0.25) is 5.91 Å². The molecule has 3 nitrogen and oxygen atoms in total. The van der Waals surface area contributed by atoms with Gasteiger partial charge in [-0.2, -0.15) is 0 Å². The molecule has 0 saturated heterocycles. The molecule has 1 aliphatic heterocycles. The quantitative estimate of drug-likeness (QED) is 0.917. The molecule has 1 amide bonds. The summed E-state index contributed by atoms with van der Waals surface area (Å²) in [7, 11) is 1.66. The molecule has 108 valence electrons. The first-order valence-corrected chi connectivity index (χ1v) is 7.88. The number of carbonyl (C=O) groups excluding carboxylic acids is 1. The molecule has 2 aromatic carbocycles. The largest absolute Gasteiger partial charge is 0.497 e. The second kappa shape index (κ2) is 5.82. The fourth-order valence-corrected chi connectivity index (χ4v) is 3.62. The summed E-state index contributed by atoms with van der Waals surface area (Å²) >= 11 is 1.66. The zero-order chi connectivity index (χ0) is 14.8. The maximum atomic E-state index is 11.9. The van der Waals surface area contributed by atoms with Gasteiger partial charge in [-0.1, -0.05) is 29.8 Å². The molecule has 0 aliphatic carbocycles. The number of aryl methyl sites for hydroxylation is 1. The molecule has 1 N–H and O–H groups in total. The summed E-state index contributed by atoms with van der Waals surface area (Å²) in [5.74, 6) is 1.36. The van der Waals surface area contributed by atoms with E-state index in [1.807, 2.05) is 24.3 Å². The number of thioether (sulfide) groups is 1. The molecule has 21 heavy (non-hydrogen) atoms. The average molecular weight is 299 g/mol. The highest BCUT2D eigenvalue weighted by Gasteiger charge is 2.24. The SMILES string of the molecule is COc1ccc(C2SCC(=O)Nc3ccc(C)cc32)cc1. The molecule has 4 heteroatoms. The van der Waals surface area contributed by atoms with Gasteiger partial charge in [-0.25, -0.2) is 0 Å². The molecule has 1 aliphatic rings. The van der Waals surface area contributed by atoms with E-state index >= 15 is 0 Å². The minimum atomic E-state index is 0.0566. The molecular formula is C17H17NO2S. The number of rotatable bonds is 2. The minimum Gasteiger partial charge on any atom is -0.497 e. The molecular weight excluding hydrogens is 282 g/mol. The molecule has 1 heterocycles. The van der Waals surface area contributed by atoms with E-state index in [-0.39, 0.29) is 11.2 Å². The van der Waals surface area contributed by atoms with Crippen LogP contribution in [0, 0.1) is 6.92 Å². The first-order chi connectivity index (χ1) is 10.2. The number of hydrogen-bond acceptors (Lipinski definition) is 3. The first-order valence-electron chi connectivity index (χ1n) is 6.83. The van der Waals surface area contributed by atoms with Crippen LogP contribution in [-0.2, 0) is 4.79 Å². The van der Waals surface area contributed by atoms with Crippen LogP contribution in [0.3, 0.4) is 0 Å². The van der Waals surface area contributed by atoms with Crippen LogP contribution in [0.2, 0.25) is 0 Å². The predicted octanol–water partition coefficient (Wildman–Crippen LogP) is 3.78. The highest BCUT2D eigenvalue weighted by molar-refractivity contribution is 8.00. The molecule has 1 unspecified atom stereocenters. The molecule has 2 aromatic rings. The third-order valence-electron chi connectivity index (χ3n) is 3.56. The monoisotopic (exact) mass is 299 g/mol. The summed E-state index contributed by atoms with van der Waals surface area (Å²) in [4.78, 5) is 11.9. The van der Waals surface area contributed by atoms with E-state index in [0.717, 1.165) is 17.0 Å². The Bertz CT molecular complexity index is 667. The lowest BCUT2D eigenvalue weighted by atomic mass is 10.0. The Morgan fingerprint density at radius 2 is 1.95 bits per heavy atom. The Morgan fingerprint density at radius 1 is 1.19 bits per heavy atom. The van der Waals surface area contributed by atoms with Gasteiger partial charge in [0, 0.05) is 5.69 Å². The molecule has 0 saturated carbocycles. The van der Waals surface area contributed by atoms with Gasteiger partial charge in [0.15, 0.2) is 0 Å². The van der Waals surface area contributed by atoms with Gasteiger partial charge < -0.3 is 10.1 Å². The van der Waals surface area contributed by atoms with Gasteiger partial charge in [0.25, 0.3) is 0 Å². The van der Waals surface area contributed by atoms with Crippen LogP contribution < -0.4 is 10.1 Å². The lowest BCUT2D eigenvalue weighted by Gasteiger charge is -2.18. The third kappa shape index (κ3) is 2.90. The van der Waals surface area contributed by atoms with Crippen molar-refractivity contribution in [1.82, 2.24) is 0 Å². The third-order valence-corrected chi connectivity index (χ3v) is 4.85. The van der Waals surface area contributed by atoms with Crippen LogP contribution in [0.25, 0.3) is 0 Å². The molecule has 0 aromatic heterocycles. The number of amides is 1. The summed E-state index contributed by atoms with van der Waals surface area (Å²) in [5.41, 5.74) is 4.46. The fourth-order valence-electron chi connectivity index (χ4n) is 2.50. The first kappa shape index (κ1) is 14.0. The van der Waals surface area contributed by atoms with Gasteiger partial charge in [-0.05, 0) is 36.2 Å². The van der Waals surface area contributed by atoms with Gasteiger partial charge in [-0.3, -0.25) is 4.79 Å². The zero-order valence-electron chi connectivity index (χ0n) is 12.1. The lowest BCUT2D eigenvalue weighted by molar-refractivity contribution is -0.113. The van der Waals surface area contributed by atoms with Crippen LogP contribution in [0.15, 0.2) is 42.5 Å². The van der Waals surface area contributed by atoms with Crippen molar-refractivity contribution in [3.8, 4) is 5.75 Å². The molecule has 1 atom stereocenters. The van der Waals surface area contributed by atoms with E-state index in [4.69, 9.17) is 4.74 Å². The second-order valence-corrected chi connectivity index (χ2v) is 6.20. The number of carbonyl (C=O) groups is 1. The van der Waals surface area contributed by atoms with E-state index in [0.29, 0.717) is 5.75 Å². The predicted molar refractivity (Wildman–Crippen MR) is 87.1 cm³/mol. The van der Waals surface area contributed by atoms with Crippen molar-refractivity contribution in [2.24, 2.45) is 0 Å². The maximum Gasteiger partial charge on any atom is 0.234 e. The zero-order valence-corrected chi connectivity index (χ0v) is 12.9. The summed E-state index contributed by atoms with van der Waals surface area (Å²) in [5, 5.41) is 3.14. The summed E-state index contributed by atoms with van der Waals surface area (Å²) < 4.78 is 5.21. The lowest BCUT2D eigenvalue weighted by Crippen LogP contribution is -2.12. The number of nitrogens with one attached hydrogen (secondary N) is 1. The van der Waals surface area contributed by atoms with E-state index < -0.39 is 0 Å². The van der Waals surface area contributed by atoms with Crippen LogP contribution in [0.5, 0.6) is 5.75 Å². The number of hydrogen-bond donors (Lipinski definition) is 1. The van der Waals surface area contributed by atoms with Gasteiger partial charge >= 0.3 is 0 Å². The van der Waals surface area contributed by atoms with E-state index in [1.165, 1.54) is 11.1 Å². The molecule has 0 spiro atoms.